The third-order valence-corrected chi connectivity index (χ3v) is 4.54. The lowest BCUT2D eigenvalue weighted by molar-refractivity contribution is -0.126. The molecule has 5 nitrogen and oxygen atoms in total. The summed E-state index contributed by atoms with van der Waals surface area (Å²) in [6.07, 6.45) is 0. The van der Waals surface area contributed by atoms with Gasteiger partial charge >= 0.3 is 0 Å². The molecule has 0 radical (unpaired) electrons. The summed E-state index contributed by atoms with van der Waals surface area (Å²) in [7, 11) is 1.60. The Balaban J connectivity index is 2.04. The molecule has 138 valence electrons. The second kappa shape index (κ2) is 8.91. The normalized spacial score (nSPS) is 13.3. The minimum absolute atomic E-state index is 0.0506. The van der Waals surface area contributed by atoms with E-state index in [1.807, 2.05) is 31.2 Å². The van der Waals surface area contributed by atoms with Gasteiger partial charge in [0.15, 0.2) is 0 Å². The van der Waals surface area contributed by atoms with E-state index in [0.29, 0.717) is 5.56 Å². The van der Waals surface area contributed by atoms with Gasteiger partial charge in [-0.1, -0.05) is 40.2 Å². The minimum Gasteiger partial charge on any atom is -0.368 e. The van der Waals surface area contributed by atoms with Crippen LogP contribution in [-0.4, -0.2) is 30.3 Å². The molecule has 2 unspecified atom stereocenters. The Hall–Kier alpha value is -2.25. The molecule has 0 aromatic heterocycles. The summed E-state index contributed by atoms with van der Waals surface area (Å²) in [5.41, 5.74) is 6.83. The van der Waals surface area contributed by atoms with Crippen LogP contribution in [0.5, 0.6) is 0 Å². The van der Waals surface area contributed by atoms with Crippen LogP contribution in [0.2, 0.25) is 0 Å². The SMILES string of the molecule is CC(NC(=O)CN(C)C(C(N)=O)c1cccc(F)c1)c1ccc(Br)cc1. The van der Waals surface area contributed by atoms with Gasteiger partial charge in [0, 0.05) is 4.47 Å². The molecule has 0 fully saturated rings. The third-order valence-electron chi connectivity index (χ3n) is 4.02. The fourth-order valence-electron chi connectivity index (χ4n) is 2.75. The van der Waals surface area contributed by atoms with Gasteiger partial charge in [-0.15, -0.1) is 0 Å². The number of benzene rings is 2. The van der Waals surface area contributed by atoms with Crippen molar-refractivity contribution in [3.05, 3.63) is 69.9 Å². The molecule has 0 heterocycles. The summed E-state index contributed by atoms with van der Waals surface area (Å²) in [6, 6.07) is 12.2. The number of primary amides is 1. The number of hydrogen-bond acceptors (Lipinski definition) is 3. The van der Waals surface area contributed by atoms with Crippen LogP contribution in [0.3, 0.4) is 0 Å². The van der Waals surface area contributed by atoms with Crippen LogP contribution < -0.4 is 11.1 Å². The molecule has 2 atom stereocenters. The maximum absolute atomic E-state index is 13.5. The predicted molar refractivity (Wildman–Crippen MR) is 102 cm³/mol. The molecule has 2 aromatic rings. The summed E-state index contributed by atoms with van der Waals surface area (Å²) in [5, 5.41) is 2.88. The number of hydrogen-bond donors (Lipinski definition) is 2. The van der Waals surface area contributed by atoms with Gasteiger partial charge in [-0.3, -0.25) is 14.5 Å². The second-order valence-electron chi connectivity index (χ2n) is 6.12. The lowest BCUT2D eigenvalue weighted by Crippen LogP contribution is -2.42. The first kappa shape index (κ1) is 20.1. The van der Waals surface area contributed by atoms with Gasteiger partial charge in [-0.05, 0) is 49.4 Å². The number of nitrogens with zero attached hydrogens (tertiary/aromatic N) is 1. The number of nitrogens with two attached hydrogens (primary N) is 1. The molecular formula is C19H21BrFN3O2. The molecule has 2 aromatic carbocycles. The summed E-state index contributed by atoms with van der Waals surface area (Å²) in [6.45, 7) is 1.82. The number of carbonyl (C=O) groups excluding carboxylic acids is 2. The van der Waals surface area contributed by atoms with Crippen LogP contribution in [0.1, 0.15) is 30.1 Å². The molecule has 7 heteroatoms. The molecule has 0 saturated heterocycles. The van der Waals surface area contributed by atoms with Crippen molar-refractivity contribution in [1.29, 1.82) is 0 Å². The van der Waals surface area contributed by atoms with Gasteiger partial charge in [0.05, 0.1) is 12.6 Å². The van der Waals surface area contributed by atoms with E-state index in [1.165, 1.54) is 23.1 Å². The van der Waals surface area contributed by atoms with Crippen LogP contribution >= 0.6 is 15.9 Å². The van der Waals surface area contributed by atoms with E-state index in [2.05, 4.69) is 21.2 Å². The van der Waals surface area contributed by atoms with E-state index in [0.717, 1.165) is 10.0 Å². The van der Waals surface area contributed by atoms with Crippen molar-refractivity contribution >= 4 is 27.7 Å². The molecule has 0 aliphatic rings. The molecule has 0 aliphatic carbocycles. The smallest absolute Gasteiger partial charge is 0.239 e. The van der Waals surface area contributed by atoms with Gasteiger partial charge in [-0.2, -0.15) is 0 Å². The molecule has 2 amide bonds. The monoisotopic (exact) mass is 421 g/mol. The molecule has 0 aliphatic heterocycles. The Morgan fingerprint density at radius 2 is 1.85 bits per heavy atom. The fourth-order valence-corrected chi connectivity index (χ4v) is 3.02. The first-order chi connectivity index (χ1) is 12.3. The maximum Gasteiger partial charge on any atom is 0.239 e. The van der Waals surface area contributed by atoms with Crippen molar-refractivity contribution in [2.45, 2.75) is 19.0 Å². The van der Waals surface area contributed by atoms with Gasteiger partial charge in [0.1, 0.15) is 11.9 Å². The second-order valence-corrected chi connectivity index (χ2v) is 7.03. The Morgan fingerprint density at radius 3 is 2.42 bits per heavy atom. The van der Waals surface area contributed by atoms with Gasteiger partial charge in [-0.25, -0.2) is 4.39 Å². The van der Waals surface area contributed by atoms with Crippen molar-refractivity contribution in [3.8, 4) is 0 Å². The highest BCUT2D eigenvalue weighted by Gasteiger charge is 2.25. The number of rotatable bonds is 7. The summed E-state index contributed by atoms with van der Waals surface area (Å²) >= 11 is 3.37. The Morgan fingerprint density at radius 1 is 1.19 bits per heavy atom. The van der Waals surface area contributed by atoms with Gasteiger partial charge in [0.25, 0.3) is 0 Å². The largest absolute Gasteiger partial charge is 0.368 e. The Labute approximate surface area is 160 Å². The van der Waals surface area contributed by atoms with Crippen molar-refractivity contribution in [1.82, 2.24) is 10.2 Å². The average molecular weight is 422 g/mol. The first-order valence-electron chi connectivity index (χ1n) is 8.07. The van der Waals surface area contributed by atoms with Crippen molar-refractivity contribution in [2.75, 3.05) is 13.6 Å². The van der Waals surface area contributed by atoms with Crippen molar-refractivity contribution in [3.63, 3.8) is 0 Å². The Bertz CT molecular complexity index is 783. The zero-order valence-corrected chi connectivity index (χ0v) is 16.2. The molecule has 26 heavy (non-hydrogen) atoms. The highest BCUT2D eigenvalue weighted by atomic mass is 79.9. The van der Waals surface area contributed by atoms with Crippen LogP contribution in [0.15, 0.2) is 53.0 Å². The topological polar surface area (TPSA) is 75.4 Å². The number of carbonyl (C=O) groups is 2. The lowest BCUT2D eigenvalue weighted by atomic mass is 10.0. The van der Waals surface area contributed by atoms with Crippen LogP contribution in [-0.2, 0) is 9.59 Å². The summed E-state index contributed by atoms with van der Waals surface area (Å²) < 4.78 is 14.4. The van der Waals surface area contributed by atoms with E-state index >= 15 is 0 Å². The van der Waals surface area contributed by atoms with Crippen molar-refractivity contribution < 1.29 is 14.0 Å². The van der Waals surface area contributed by atoms with E-state index < -0.39 is 17.8 Å². The molecule has 0 bridgehead atoms. The van der Waals surface area contributed by atoms with E-state index in [-0.39, 0.29) is 18.5 Å². The van der Waals surface area contributed by atoms with E-state index in [9.17, 15) is 14.0 Å². The zero-order chi connectivity index (χ0) is 19.3. The summed E-state index contributed by atoms with van der Waals surface area (Å²) in [5.74, 6) is -1.37. The number of amides is 2. The van der Waals surface area contributed by atoms with Gasteiger partial charge in [0.2, 0.25) is 11.8 Å². The molecule has 0 spiro atoms. The number of halogens is 2. The molecule has 2 rings (SSSR count). The summed E-state index contributed by atoms with van der Waals surface area (Å²) in [4.78, 5) is 25.7. The van der Waals surface area contributed by atoms with E-state index in [4.69, 9.17) is 5.73 Å². The Kier molecular flexibility index (Phi) is 6.88. The zero-order valence-electron chi connectivity index (χ0n) is 14.6. The standard InChI is InChI=1S/C19H21BrFN3O2/c1-12(13-6-8-15(20)9-7-13)23-17(25)11-24(2)18(19(22)26)14-4-3-5-16(21)10-14/h3-10,12,18H,11H2,1-2H3,(H2,22,26)(H,23,25). The quantitative estimate of drug-likeness (QED) is 0.721. The van der Waals surface area contributed by atoms with Crippen molar-refractivity contribution in [2.24, 2.45) is 5.73 Å². The third kappa shape index (κ3) is 5.37. The fraction of sp³-hybridized carbons (Fsp3) is 0.263. The molecule has 0 saturated carbocycles. The molecular weight excluding hydrogens is 401 g/mol. The maximum atomic E-state index is 13.5. The highest BCUT2D eigenvalue weighted by Crippen LogP contribution is 2.20. The van der Waals surface area contributed by atoms with Gasteiger partial charge < -0.3 is 11.1 Å². The first-order valence-corrected chi connectivity index (χ1v) is 8.87. The van der Waals surface area contributed by atoms with Crippen LogP contribution in [0, 0.1) is 5.82 Å². The highest BCUT2D eigenvalue weighted by molar-refractivity contribution is 9.10. The van der Waals surface area contributed by atoms with Crippen LogP contribution in [0.4, 0.5) is 4.39 Å². The van der Waals surface area contributed by atoms with Crippen LogP contribution in [0.25, 0.3) is 0 Å². The van der Waals surface area contributed by atoms with E-state index in [1.54, 1.807) is 13.1 Å². The number of likely N-dealkylation sites (N-methyl/N-ethyl adjacent to an activating group) is 1. The average Bonchev–Trinajstić information content (AvgIpc) is 2.55. The number of nitrogens with one attached hydrogen (secondary N) is 1. The lowest BCUT2D eigenvalue weighted by Gasteiger charge is -2.26. The molecule has 3 N–H and O–H groups in total. The minimum atomic E-state index is -0.889. The predicted octanol–water partition coefficient (Wildman–Crippen LogP) is 2.92.